The van der Waals surface area contributed by atoms with Crippen molar-refractivity contribution in [3.05, 3.63) is 24.3 Å². The Morgan fingerprint density at radius 3 is 2.52 bits per heavy atom. The summed E-state index contributed by atoms with van der Waals surface area (Å²) < 4.78 is 5.98. The largest absolute Gasteiger partial charge is 0.490 e. The van der Waals surface area contributed by atoms with E-state index in [0.29, 0.717) is 18.5 Å². The molecule has 0 aliphatic heterocycles. The molecule has 0 bridgehead atoms. The molecule has 5 heteroatoms. The number of carbonyl (C=O) groups excluding carboxylic acids is 1. The Hall–Kier alpha value is -1.42. The average molecular weight is 311 g/mol. The number of carbonyl (C=O) groups is 1. The number of alkyl halides is 1. The predicted molar refractivity (Wildman–Crippen MR) is 86.2 cm³/mol. The molecule has 1 fully saturated rings. The summed E-state index contributed by atoms with van der Waals surface area (Å²) in [4.78, 5) is 11.5. The van der Waals surface area contributed by atoms with Gasteiger partial charge >= 0.3 is 6.03 Å². The summed E-state index contributed by atoms with van der Waals surface area (Å²) in [7, 11) is 0. The van der Waals surface area contributed by atoms with E-state index in [0.717, 1.165) is 30.2 Å². The Bertz CT molecular complexity index is 442. The first-order chi connectivity index (χ1) is 10.2. The second-order valence-corrected chi connectivity index (χ2v) is 5.97. The molecular weight excluding hydrogens is 288 g/mol. The van der Waals surface area contributed by atoms with Crippen LogP contribution < -0.4 is 15.4 Å². The number of hydrogen-bond acceptors (Lipinski definition) is 2. The van der Waals surface area contributed by atoms with Crippen LogP contribution in [-0.4, -0.2) is 24.6 Å². The summed E-state index contributed by atoms with van der Waals surface area (Å²) in [5.41, 5.74) is 0.742. The Morgan fingerprint density at radius 2 is 1.90 bits per heavy atom. The summed E-state index contributed by atoms with van der Waals surface area (Å²) in [6.45, 7) is 2.75. The molecule has 0 heterocycles. The third kappa shape index (κ3) is 5.46. The third-order valence-corrected chi connectivity index (χ3v) is 3.95. The molecule has 0 spiro atoms. The Labute approximate surface area is 131 Å². The first kappa shape index (κ1) is 16.0. The first-order valence-corrected chi connectivity index (χ1v) is 8.08. The van der Waals surface area contributed by atoms with Crippen LogP contribution in [0.1, 0.15) is 32.6 Å². The van der Waals surface area contributed by atoms with Gasteiger partial charge in [0.2, 0.25) is 0 Å². The van der Waals surface area contributed by atoms with Crippen molar-refractivity contribution in [2.45, 2.75) is 38.7 Å². The Balaban J connectivity index is 1.80. The quantitative estimate of drug-likeness (QED) is 0.807. The van der Waals surface area contributed by atoms with E-state index in [-0.39, 0.29) is 6.03 Å². The molecule has 0 aromatic heterocycles. The van der Waals surface area contributed by atoms with Crippen LogP contribution in [0.15, 0.2) is 24.3 Å². The van der Waals surface area contributed by atoms with Gasteiger partial charge in [-0.2, -0.15) is 0 Å². The summed E-state index contributed by atoms with van der Waals surface area (Å²) >= 11 is 5.51. The highest BCUT2D eigenvalue weighted by Gasteiger charge is 2.19. The second kappa shape index (κ2) is 8.13. The summed E-state index contributed by atoms with van der Waals surface area (Å²) in [5.74, 6) is 2.09. The number of benzene rings is 1. The molecule has 0 radical (unpaired) electrons. The van der Waals surface area contributed by atoms with Crippen LogP contribution in [0.2, 0.25) is 0 Å². The Morgan fingerprint density at radius 1 is 1.24 bits per heavy atom. The normalized spacial score (nSPS) is 21.6. The van der Waals surface area contributed by atoms with Crippen molar-refractivity contribution in [1.82, 2.24) is 5.32 Å². The van der Waals surface area contributed by atoms with Crippen LogP contribution in [0.4, 0.5) is 10.5 Å². The van der Waals surface area contributed by atoms with Crippen molar-refractivity contribution in [3.8, 4) is 5.75 Å². The van der Waals surface area contributed by atoms with Gasteiger partial charge in [-0.1, -0.05) is 6.92 Å². The zero-order valence-corrected chi connectivity index (χ0v) is 13.2. The van der Waals surface area contributed by atoms with E-state index in [1.807, 2.05) is 24.3 Å². The molecule has 1 saturated carbocycles. The minimum absolute atomic E-state index is 0.245. The SMILES string of the molecule is CC1CCC(Oc2ccc(NC(=O)NCCCl)cc2)CC1. The summed E-state index contributed by atoms with van der Waals surface area (Å²) in [5, 5.41) is 5.40. The first-order valence-electron chi connectivity index (χ1n) is 7.55. The lowest BCUT2D eigenvalue weighted by molar-refractivity contribution is 0.135. The molecule has 116 valence electrons. The van der Waals surface area contributed by atoms with Gasteiger partial charge in [0.1, 0.15) is 5.75 Å². The van der Waals surface area contributed by atoms with Gasteiger partial charge in [-0.05, 0) is 55.9 Å². The van der Waals surface area contributed by atoms with E-state index < -0.39 is 0 Å². The highest BCUT2D eigenvalue weighted by atomic mass is 35.5. The number of ether oxygens (including phenoxy) is 1. The zero-order valence-electron chi connectivity index (χ0n) is 12.4. The van der Waals surface area contributed by atoms with Gasteiger partial charge in [0, 0.05) is 18.1 Å². The molecule has 2 rings (SSSR count). The number of anilines is 1. The zero-order chi connectivity index (χ0) is 15.1. The molecule has 0 saturated heterocycles. The molecular formula is C16H23ClN2O2. The minimum atomic E-state index is -0.245. The summed E-state index contributed by atoms with van der Waals surface area (Å²) in [6.07, 6.45) is 5.06. The van der Waals surface area contributed by atoms with Gasteiger partial charge in [-0.25, -0.2) is 4.79 Å². The predicted octanol–water partition coefficient (Wildman–Crippen LogP) is 4.00. The monoisotopic (exact) mass is 310 g/mol. The van der Waals surface area contributed by atoms with E-state index >= 15 is 0 Å². The molecule has 1 aromatic carbocycles. The van der Waals surface area contributed by atoms with E-state index in [2.05, 4.69) is 17.6 Å². The van der Waals surface area contributed by atoms with E-state index in [1.54, 1.807) is 0 Å². The molecule has 2 amide bonds. The van der Waals surface area contributed by atoms with Gasteiger partial charge < -0.3 is 15.4 Å². The van der Waals surface area contributed by atoms with Crippen LogP contribution in [-0.2, 0) is 0 Å². The fraction of sp³-hybridized carbons (Fsp3) is 0.562. The van der Waals surface area contributed by atoms with Crippen molar-refractivity contribution in [1.29, 1.82) is 0 Å². The van der Waals surface area contributed by atoms with Crippen molar-refractivity contribution >= 4 is 23.3 Å². The van der Waals surface area contributed by atoms with Crippen molar-refractivity contribution in [2.24, 2.45) is 5.92 Å². The maximum Gasteiger partial charge on any atom is 0.319 e. The number of nitrogens with one attached hydrogen (secondary N) is 2. The molecule has 1 aliphatic rings. The maximum absolute atomic E-state index is 11.5. The highest BCUT2D eigenvalue weighted by molar-refractivity contribution is 6.18. The lowest BCUT2D eigenvalue weighted by atomic mass is 9.89. The van der Waals surface area contributed by atoms with Gasteiger partial charge in [0.25, 0.3) is 0 Å². The lowest BCUT2D eigenvalue weighted by Crippen LogP contribution is -2.30. The number of hydrogen-bond donors (Lipinski definition) is 2. The molecule has 1 aliphatic carbocycles. The van der Waals surface area contributed by atoms with Crippen molar-refractivity contribution < 1.29 is 9.53 Å². The van der Waals surface area contributed by atoms with Crippen molar-refractivity contribution in [3.63, 3.8) is 0 Å². The lowest BCUT2D eigenvalue weighted by Gasteiger charge is -2.26. The van der Waals surface area contributed by atoms with Crippen LogP contribution in [0.5, 0.6) is 5.75 Å². The molecule has 4 nitrogen and oxygen atoms in total. The van der Waals surface area contributed by atoms with E-state index in [9.17, 15) is 4.79 Å². The highest BCUT2D eigenvalue weighted by Crippen LogP contribution is 2.27. The van der Waals surface area contributed by atoms with Gasteiger partial charge in [0.15, 0.2) is 0 Å². The number of halogens is 1. The number of urea groups is 1. The molecule has 0 atom stereocenters. The summed E-state index contributed by atoms with van der Waals surface area (Å²) in [6, 6.07) is 7.25. The van der Waals surface area contributed by atoms with E-state index in [1.165, 1.54) is 12.8 Å². The number of rotatable bonds is 5. The van der Waals surface area contributed by atoms with Gasteiger partial charge in [0.05, 0.1) is 6.10 Å². The van der Waals surface area contributed by atoms with E-state index in [4.69, 9.17) is 16.3 Å². The minimum Gasteiger partial charge on any atom is -0.490 e. The number of amides is 2. The van der Waals surface area contributed by atoms with Crippen LogP contribution in [0.3, 0.4) is 0 Å². The molecule has 2 N–H and O–H groups in total. The topological polar surface area (TPSA) is 50.4 Å². The molecule has 21 heavy (non-hydrogen) atoms. The van der Waals surface area contributed by atoms with Gasteiger partial charge in [-0.3, -0.25) is 0 Å². The molecule has 1 aromatic rings. The third-order valence-electron chi connectivity index (χ3n) is 3.76. The smallest absolute Gasteiger partial charge is 0.319 e. The average Bonchev–Trinajstić information content (AvgIpc) is 2.49. The fourth-order valence-electron chi connectivity index (χ4n) is 2.49. The second-order valence-electron chi connectivity index (χ2n) is 5.59. The Kier molecular flexibility index (Phi) is 6.18. The standard InChI is InChI=1S/C16H23ClN2O2/c1-12-2-6-14(7-3-12)21-15-8-4-13(5-9-15)19-16(20)18-11-10-17/h4-5,8-9,12,14H,2-3,6-7,10-11H2,1H3,(H2,18,19,20). The fourth-order valence-corrected chi connectivity index (χ4v) is 2.59. The molecule has 0 unspecified atom stereocenters. The van der Waals surface area contributed by atoms with Gasteiger partial charge in [-0.15, -0.1) is 11.6 Å². The van der Waals surface area contributed by atoms with Crippen LogP contribution in [0, 0.1) is 5.92 Å². The van der Waals surface area contributed by atoms with Crippen LogP contribution >= 0.6 is 11.6 Å². The van der Waals surface area contributed by atoms with Crippen molar-refractivity contribution in [2.75, 3.05) is 17.7 Å². The van der Waals surface area contributed by atoms with Crippen LogP contribution in [0.25, 0.3) is 0 Å². The maximum atomic E-state index is 11.5.